The Hall–Kier alpha value is -0.980. The molecule has 0 spiro atoms. The lowest BCUT2D eigenvalue weighted by molar-refractivity contribution is 0.160. The average Bonchev–Trinajstić information content (AvgIpc) is 2.67. The van der Waals surface area contributed by atoms with Crippen molar-refractivity contribution in [2.24, 2.45) is 0 Å². The number of nitrogens with one attached hydrogen (secondary N) is 1. The largest absolute Gasteiger partial charge is 0.394 e. The van der Waals surface area contributed by atoms with Crippen molar-refractivity contribution in [3.63, 3.8) is 0 Å². The summed E-state index contributed by atoms with van der Waals surface area (Å²) in [5.41, 5.74) is 0.817. The van der Waals surface area contributed by atoms with E-state index in [0.29, 0.717) is 19.6 Å². The van der Waals surface area contributed by atoms with Crippen LogP contribution in [0.5, 0.6) is 0 Å². The highest BCUT2D eigenvalue weighted by molar-refractivity contribution is 4.91. The van der Waals surface area contributed by atoms with Crippen LogP contribution in [0.1, 0.15) is 25.5 Å². The summed E-state index contributed by atoms with van der Waals surface area (Å²) < 4.78 is 1.60. The van der Waals surface area contributed by atoms with Gasteiger partial charge in [-0.2, -0.15) is 0 Å². The van der Waals surface area contributed by atoms with Crippen molar-refractivity contribution in [3.05, 3.63) is 11.9 Å². The zero-order valence-corrected chi connectivity index (χ0v) is 9.63. The fourth-order valence-corrected chi connectivity index (χ4v) is 1.43. The molecule has 0 bridgehead atoms. The van der Waals surface area contributed by atoms with E-state index in [1.165, 1.54) is 0 Å². The number of aliphatic hydroxyl groups excluding tert-OH is 2. The summed E-state index contributed by atoms with van der Waals surface area (Å²) in [5.74, 6) is 0. The van der Waals surface area contributed by atoms with Crippen LogP contribution in [-0.4, -0.2) is 44.5 Å². The van der Waals surface area contributed by atoms with Crippen LogP contribution < -0.4 is 5.32 Å². The highest BCUT2D eigenvalue weighted by atomic mass is 16.3. The van der Waals surface area contributed by atoms with Crippen LogP contribution in [-0.2, 0) is 13.1 Å². The summed E-state index contributed by atoms with van der Waals surface area (Å²) >= 11 is 0. The molecular formula is C10H20N4O2. The van der Waals surface area contributed by atoms with Gasteiger partial charge in [-0.3, -0.25) is 0 Å². The van der Waals surface area contributed by atoms with E-state index >= 15 is 0 Å². The lowest BCUT2D eigenvalue weighted by atomic mass is 10.2. The van der Waals surface area contributed by atoms with Gasteiger partial charge < -0.3 is 15.5 Å². The van der Waals surface area contributed by atoms with Gasteiger partial charge >= 0.3 is 0 Å². The van der Waals surface area contributed by atoms with Crippen LogP contribution in [0.25, 0.3) is 0 Å². The Balaban J connectivity index is 2.21. The molecule has 1 unspecified atom stereocenters. The molecule has 3 N–H and O–H groups in total. The summed E-state index contributed by atoms with van der Waals surface area (Å²) in [6, 6.07) is 0. The van der Waals surface area contributed by atoms with E-state index in [-0.39, 0.29) is 12.7 Å². The van der Waals surface area contributed by atoms with Crippen LogP contribution in [0.4, 0.5) is 0 Å². The minimum atomic E-state index is -0.294. The third-order valence-electron chi connectivity index (χ3n) is 2.22. The van der Waals surface area contributed by atoms with Crippen LogP contribution in [0, 0.1) is 0 Å². The Morgan fingerprint density at radius 2 is 2.38 bits per heavy atom. The summed E-state index contributed by atoms with van der Waals surface area (Å²) in [7, 11) is 0. The molecular weight excluding hydrogens is 208 g/mol. The van der Waals surface area contributed by atoms with Crippen LogP contribution in [0.3, 0.4) is 0 Å². The van der Waals surface area contributed by atoms with Crippen molar-refractivity contribution in [2.75, 3.05) is 13.2 Å². The summed E-state index contributed by atoms with van der Waals surface area (Å²) in [6.07, 6.45) is 3.28. The SMILES string of the molecule is CCCC(O)CNCc1cn(CCO)nn1. The fourth-order valence-electron chi connectivity index (χ4n) is 1.43. The Bertz CT molecular complexity index is 290. The minimum absolute atomic E-state index is 0.0610. The maximum Gasteiger partial charge on any atom is 0.0964 e. The molecule has 0 saturated heterocycles. The first-order chi connectivity index (χ1) is 7.76. The highest BCUT2D eigenvalue weighted by Gasteiger charge is 2.03. The van der Waals surface area contributed by atoms with Crippen molar-refractivity contribution in [1.82, 2.24) is 20.3 Å². The lowest BCUT2D eigenvalue weighted by Gasteiger charge is -2.08. The van der Waals surface area contributed by atoms with E-state index < -0.39 is 0 Å². The third kappa shape index (κ3) is 4.69. The average molecular weight is 228 g/mol. The monoisotopic (exact) mass is 228 g/mol. The van der Waals surface area contributed by atoms with E-state index in [1.807, 2.05) is 6.92 Å². The molecule has 6 heteroatoms. The second-order valence-corrected chi connectivity index (χ2v) is 3.77. The number of aromatic nitrogens is 3. The molecule has 1 heterocycles. The molecule has 0 aromatic carbocycles. The van der Waals surface area contributed by atoms with Gasteiger partial charge in [0.2, 0.25) is 0 Å². The quantitative estimate of drug-likeness (QED) is 0.560. The van der Waals surface area contributed by atoms with Gasteiger partial charge in [0.25, 0.3) is 0 Å². The molecule has 1 aromatic rings. The van der Waals surface area contributed by atoms with Crippen molar-refractivity contribution < 1.29 is 10.2 Å². The summed E-state index contributed by atoms with van der Waals surface area (Å²) in [5, 5.41) is 29.1. The Morgan fingerprint density at radius 3 is 3.06 bits per heavy atom. The predicted octanol–water partition coefficient (Wildman–Crippen LogP) is -0.479. The number of hydrogen-bond donors (Lipinski definition) is 3. The van der Waals surface area contributed by atoms with Gasteiger partial charge in [-0.25, -0.2) is 4.68 Å². The maximum absolute atomic E-state index is 9.48. The molecule has 16 heavy (non-hydrogen) atoms. The summed E-state index contributed by atoms with van der Waals surface area (Å²) in [4.78, 5) is 0. The first-order valence-electron chi connectivity index (χ1n) is 5.65. The van der Waals surface area contributed by atoms with Gasteiger partial charge in [0.1, 0.15) is 0 Å². The zero-order chi connectivity index (χ0) is 11.8. The van der Waals surface area contributed by atoms with E-state index in [2.05, 4.69) is 15.6 Å². The maximum atomic E-state index is 9.48. The molecule has 1 aromatic heterocycles. The third-order valence-corrected chi connectivity index (χ3v) is 2.22. The molecule has 0 fully saturated rings. The van der Waals surface area contributed by atoms with Gasteiger partial charge in [0.15, 0.2) is 0 Å². The standard InChI is InChI=1S/C10H20N4O2/c1-2-3-10(16)7-11-6-9-8-14(4-5-15)13-12-9/h8,10-11,15-16H,2-7H2,1H3. The van der Waals surface area contributed by atoms with E-state index in [4.69, 9.17) is 5.11 Å². The Kier molecular flexibility index (Phi) is 5.99. The molecule has 0 amide bonds. The molecule has 0 aliphatic heterocycles. The zero-order valence-electron chi connectivity index (χ0n) is 9.63. The summed E-state index contributed by atoms with van der Waals surface area (Å²) in [6.45, 7) is 3.73. The molecule has 92 valence electrons. The van der Waals surface area contributed by atoms with E-state index in [1.54, 1.807) is 10.9 Å². The van der Waals surface area contributed by atoms with Gasteiger partial charge in [-0.15, -0.1) is 5.10 Å². The molecule has 0 aliphatic carbocycles. The van der Waals surface area contributed by atoms with Crippen molar-refractivity contribution in [2.45, 2.75) is 39.0 Å². The fraction of sp³-hybridized carbons (Fsp3) is 0.800. The Morgan fingerprint density at radius 1 is 1.56 bits per heavy atom. The number of nitrogens with zero attached hydrogens (tertiary/aromatic N) is 3. The van der Waals surface area contributed by atoms with Crippen molar-refractivity contribution >= 4 is 0 Å². The topological polar surface area (TPSA) is 83.2 Å². The number of aliphatic hydroxyl groups is 2. The lowest BCUT2D eigenvalue weighted by Crippen LogP contribution is -2.26. The molecule has 6 nitrogen and oxygen atoms in total. The van der Waals surface area contributed by atoms with E-state index in [9.17, 15) is 5.11 Å². The van der Waals surface area contributed by atoms with Gasteiger partial charge in [0.05, 0.1) is 24.9 Å². The number of rotatable bonds is 8. The second kappa shape index (κ2) is 7.32. The van der Waals surface area contributed by atoms with Gasteiger partial charge in [-0.1, -0.05) is 18.6 Å². The smallest absolute Gasteiger partial charge is 0.0964 e. The highest BCUT2D eigenvalue weighted by Crippen LogP contribution is 1.96. The van der Waals surface area contributed by atoms with Crippen molar-refractivity contribution in [1.29, 1.82) is 0 Å². The van der Waals surface area contributed by atoms with E-state index in [0.717, 1.165) is 18.5 Å². The first-order valence-corrected chi connectivity index (χ1v) is 5.65. The second-order valence-electron chi connectivity index (χ2n) is 3.77. The first kappa shape index (κ1) is 13.1. The molecule has 0 radical (unpaired) electrons. The Labute approximate surface area is 95.3 Å². The normalized spacial score (nSPS) is 12.9. The molecule has 0 saturated carbocycles. The van der Waals surface area contributed by atoms with Crippen LogP contribution in [0.2, 0.25) is 0 Å². The van der Waals surface area contributed by atoms with Crippen LogP contribution in [0.15, 0.2) is 6.20 Å². The van der Waals surface area contributed by atoms with Crippen molar-refractivity contribution in [3.8, 4) is 0 Å². The minimum Gasteiger partial charge on any atom is -0.394 e. The van der Waals surface area contributed by atoms with Gasteiger partial charge in [0, 0.05) is 19.3 Å². The molecule has 1 rings (SSSR count). The number of hydrogen-bond acceptors (Lipinski definition) is 5. The van der Waals surface area contributed by atoms with Gasteiger partial charge in [-0.05, 0) is 6.42 Å². The van der Waals surface area contributed by atoms with Crippen LogP contribution >= 0.6 is 0 Å². The predicted molar refractivity (Wildman–Crippen MR) is 59.7 cm³/mol. The molecule has 1 atom stereocenters. The molecule has 0 aliphatic rings.